The Balaban J connectivity index is 0.00000196. The van der Waals surface area contributed by atoms with Crippen LogP contribution in [0.5, 0.6) is 0 Å². The molecule has 0 spiro atoms. The molecule has 0 aliphatic carbocycles. The van der Waals surface area contributed by atoms with Crippen LogP contribution in [0.2, 0.25) is 0 Å². The van der Waals surface area contributed by atoms with Crippen LogP contribution in [0.15, 0.2) is 23.1 Å². The average Bonchev–Trinajstić information content (AvgIpc) is 2.15. The summed E-state index contributed by atoms with van der Waals surface area (Å²) in [5, 5.41) is 0. The zero-order valence-corrected chi connectivity index (χ0v) is 10.7. The van der Waals surface area contributed by atoms with Gasteiger partial charge in [0.15, 0.2) is 0 Å². The van der Waals surface area contributed by atoms with Gasteiger partial charge in [-0.3, -0.25) is 9.59 Å². The van der Waals surface area contributed by atoms with Crippen LogP contribution in [-0.2, 0) is 10.1 Å². The molecule has 74 valence electrons. The van der Waals surface area contributed by atoms with Crippen LogP contribution in [0.1, 0.15) is 20.7 Å². The second-order valence-electron chi connectivity index (χ2n) is 2.53. The van der Waals surface area contributed by atoms with Gasteiger partial charge in [-0.1, -0.05) is 0 Å². The monoisotopic (exact) mass is 236 g/mol. The van der Waals surface area contributed by atoms with E-state index in [0.717, 1.165) is 12.1 Å². The maximum absolute atomic E-state index is 10.6. The quantitative estimate of drug-likeness (QED) is 0.321. The summed E-state index contributed by atoms with van der Waals surface area (Å²) in [5.41, 5.74) is -0.0481. The number of hydrogen-bond donors (Lipinski definition) is 0. The molecule has 1 aromatic carbocycles. The van der Waals surface area contributed by atoms with Crippen LogP contribution in [0.25, 0.3) is 0 Å². The van der Waals surface area contributed by atoms with Gasteiger partial charge in [-0.2, -0.15) is 0 Å². The number of carbonyl (C=O) groups is 2. The Morgan fingerprint density at radius 3 is 1.67 bits per heavy atom. The van der Waals surface area contributed by atoms with Crippen molar-refractivity contribution in [3.8, 4) is 0 Å². The molecule has 0 saturated carbocycles. The van der Waals surface area contributed by atoms with E-state index in [-0.39, 0.29) is 40.7 Å². The van der Waals surface area contributed by atoms with Crippen molar-refractivity contribution in [2.75, 3.05) is 0 Å². The summed E-state index contributed by atoms with van der Waals surface area (Å²) in [6.45, 7) is 0. The van der Waals surface area contributed by atoms with Gasteiger partial charge >= 0.3 is 29.6 Å². The van der Waals surface area contributed by atoms with Crippen LogP contribution >= 0.6 is 0 Å². The summed E-state index contributed by atoms with van der Waals surface area (Å²) in [4.78, 5) is 20.1. The maximum atomic E-state index is 10.6. The van der Waals surface area contributed by atoms with Crippen LogP contribution < -0.4 is 29.6 Å². The molecular weight excluding hydrogens is 231 g/mol. The number of aldehydes is 2. The van der Waals surface area contributed by atoms with E-state index in [1.165, 1.54) is 6.07 Å². The molecule has 7 heteroatoms. The van der Waals surface area contributed by atoms with Crippen molar-refractivity contribution in [1.82, 2.24) is 0 Å². The van der Waals surface area contributed by atoms with Crippen molar-refractivity contribution in [2.45, 2.75) is 4.90 Å². The molecule has 0 amide bonds. The molecule has 0 unspecified atom stereocenters. The fourth-order valence-electron chi connectivity index (χ4n) is 0.926. The van der Waals surface area contributed by atoms with Crippen LogP contribution in [0.3, 0.4) is 0 Å². The first-order valence-corrected chi connectivity index (χ1v) is 4.89. The molecule has 0 heterocycles. The van der Waals surface area contributed by atoms with Crippen molar-refractivity contribution in [2.24, 2.45) is 0 Å². The third kappa shape index (κ3) is 3.84. The topological polar surface area (TPSA) is 91.3 Å². The second-order valence-corrected chi connectivity index (χ2v) is 3.90. The number of hydrogen-bond acceptors (Lipinski definition) is 5. The molecule has 0 N–H and O–H groups in total. The Morgan fingerprint density at radius 2 is 1.40 bits per heavy atom. The van der Waals surface area contributed by atoms with E-state index in [9.17, 15) is 22.6 Å². The van der Waals surface area contributed by atoms with E-state index >= 15 is 0 Å². The third-order valence-corrected chi connectivity index (χ3v) is 2.33. The Labute approximate surface area is 109 Å². The summed E-state index contributed by atoms with van der Waals surface area (Å²) in [7, 11) is -4.64. The Kier molecular flexibility index (Phi) is 5.33. The molecular formula is C8H5NaO5S. The summed E-state index contributed by atoms with van der Waals surface area (Å²) in [5.74, 6) is 0. The standard InChI is InChI=1S/C8H6O5S.Na/c9-4-6-1-7(5-10)3-8(2-6)14(11,12)13;/h1-5H,(H,11,12,13);/q;+1/p-1. The Hall–Kier alpha value is -0.530. The van der Waals surface area contributed by atoms with E-state index in [2.05, 4.69) is 0 Å². The molecule has 15 heavy (non-hydrogen) atoms. The largest absolute Gasteiger partial charge is 1.00 e. The minimum absolute atomic E-state index is 0. The summed E-state index contributed by atoms with van der Waals surface area (Å²) in [6.07, 6.45) is 0.726. The molecule has 1 aromatic rings. The van der Waals surface area contributed by atoms with Crippen molar-refractivity contribution < 1.29 is 52.1 Å². The van der Waals surface area contributed by atoms with E-state index in [4.69, 9.17) is 0 Å². The predicted molar refractivity (Wildman–Crippen MR) is 45.2 cm³/mol. The van der Waals surface area contributed by atoms with Gasteiger partial charge in [0.25, 0.3) is 0 Å². The van der Waals surface area contributed by atoms with Crippen LogP contribution in [-0.4, -0.2) is 25.5 Å². The Bertz CT molecular complexity index is 454. The van der Waals surface area contributed by atoms with Gasteiger partial charge in [-0.15, -0.1) is 0 Å². The zero-order chi connectivity index (χ0) is 10.8. The maximum Gasteiger partial charge on any atom is 1.00 e. The van der Waals surface area contributed by atoms with Crippen molar-refractivity contribution >= 4 is 22.7 Å². The molecule has 0 radical (unpaired) electrons. The zero-order valence-electron chi connectivity index (χ0n) is 7.84. The number of rotatable bonds is 3. The van der Waals surface area contributed by atoms with E-state index in [0.29, 0.717) is 12.6 Å². The smallest absolute Gasteiger partial charge is 0.744 e. The number of carbonyl (C=O) groups excluding carboxylic acids is 2. The molecule has 0 fully saturated rings. The van der Waals surface area contributed by atoms with Gasteiger partial charge in [0.2, 0.25) is 0 Å². The molecule has 5 nitrogen and oxygen atoms in total. The Morgan fingerprint density at radius 1 is 1.00 bits per heavy atom. The summed E-state index contributed by atoms with van der Waals surface area (Å²) >= 11 is 0. The number of benzene rings is 1. The second kappa shape index (κ2) is 5.53. The fraction of sp³-hybridized carbons (Fsp3) is 0. The molecule has 0 aliphatic heterocycles. The minimum Gasteiger partial charge on any atom is -0.744 e. The first kappa shape index (κ1) is 14.5. The van der Waals surface area contributed by atoms with E-state index in [1.807, 2.05) is 0 Å². The summed E-state index contributed by atoms with van der Waals surface area (Å²) < 4.78 is 31.7. The molecule has 0 saturated heterocycles. The van der Waals surface area contributed by atoms with Crippen molar-refractivity contribution in [3.63, 3.8) is 0 Å². The third-order valence-electron chi connectivity index (χ3n) is 1.51. The van der Waals surface area contributed by atoms with Gasteiger partial charge in [0, 0.05) is 11.1 Å². The first-order valence-electron chi connectivity index (χ1n) is 3.48. The molecule has 0 aliphatic rings. The first-order chi connectivity index (χ1) is 6.47. The molecule has 0 aromatic heterocycles. The van der Waals surface area contributed by atoms with Gasteiger partial charge in [0.05, 0.1) is 4.90 Å². The molecule has 0 atom stereocenters. The molecule has 1 rings (SSSR count). The SMILES string of the molecule is O=Cc1cc(C=O)cc(S(=O)(=O)[O-])c1.[Na+]. The van der Waals surface area contributed by atoms with Gasteiger partial charge in [-0.25, -0.2) is 8.42 Å². The average molecular weight is 236 g/mol. The van der Waals surface area contributed by atoms with Crippen LogP contribution in [0, 0.1) is 0 Å². The van der Waals surface area contributed by atoms with E-state index < -0.39 is 15.0 Å². The van der Waals surface area contributed by atoms with Crippen LogP contribution in [0.4, 0.5) is 0 Å². The normalized spacial score (nSPS) is 10.2. The van der Waals surface area contributed by atoms with E-state index in [1.54, 1.807) is 0 Å². The van der Waals surface area contributed by atoms with Crippen molar-refractivity contribution in [1.29, 1.82) is 0 Å². The summed E-state index contributed by atoms with van der Waals surface area (Å²) in [6, 6.07) is 3.03. The fourth-order valence-corrected chi connectivity index (χ4v) is 1.49. The van der Waals surface area contributed by atoms with Gasteiger partial charge in [-0.05, 0) is 18.2 Å². The minimum atomic E-state index is -4.64. The van der Waals surface area contributed by atoms with Gasteiger partial charge < -0.3 is 4.55 Å². The van der Waals surface area contributed by atoms with Gasteiger partial charge in [0.1, 0.15) is 22.7 Å². The van der Waals surface area contributed by atoms with Crippen molar-refractivity contribution in [3.05, 3.63) is 29.3 Å². The molecule has 0 bridgehead atoms. The predicted octanol–water partition coefficient (Wildman–Crippen LogP) is -2.78.